The molecule has 3 aliphatic rings. The molecule has 0 radical (unpaired) electrons. The van der Waals surface area contributed by atoms with E-state index < -0.39 is 5.41 Å². The first-order chi connectivity index (χ1) is 31.0. The van der Waals surface area contributed by atoms with Gasteiger partial charge in [0.2, 0.25) is 0 Å². The summed E-state index contributed by atoms with van der Waals surface area (Å²) in [7, 11) is 0. The molecule has 0 N–H and O–H groups in total. The lowest BCUT2D eigenvalue weighted by molar-refractivity contribution is 0.660. The Labute approximate surface area is 369 Å². The van der Waals surface area contributed by atoms with E-state index in [1.807, 2.05) is 0 Å². The van der Waals surface area contributed by atoms with Crippen molar-refractivity contribution in [3.63, 3.8) is 0 Å². The third kappa shape index (κ3) is 4.94. The number of rotatable bonds is 5. The molecular formula is C62H43N. The summed E-state index contributed by atoms with van der Waals surface area (Å²) in [4.78, 5) is 2.57. The number of anilines is 3. The highest BCUT2D eigenvalue weighted by atomic mass is 15.1. The van der Waals surface area contributed by atoms with E-state index in [0.717, 1.165) is 11.4 Å². The summed E-state index contributed by atoms with van der Waals surface area (Å²) in [5.74, 6) is 0. The van der Waals surface area contributed by atoms with E-state index in [9.17, 15) is 0 Å². The third-order valence-corrected chi connectivity index (χ3v) is 14.5. The van der Waals surface area contributed by atoms with E-state index >= 15 is 0 Å². The van der Waals surface area contributed by atoms with Gasteiger partial charge in [0, 0.05) is 22.2 Å². The minimum Gasteiger partial charge on any atom is -0.310 e. The summed E-state index contributed by atoms with van der Waals surface area (Å²) in [5, 5.41) is 2.50. The zero-order chi connectivity index (χ0) is 41.9. The van der Waals surface area contributed by atoms with Crippen molar-refractivity contribution in [2.24, 2.45) is 0 Å². The van der Waals surface area contributed by atoms with Crippen LogP contribution in [0.25, 0.3) is 66.4 Å². The molecule has 0 unspecified atom stereocenters. The second kappa shape index (κ2) is 13.4. The molecule has 3 aliphatic carbocycles. The molecule has 0 aromatic heterocycles. The fourth-order valence-corrected chi connectivity index (χ4v) is 11.8. The molecule has 0 saturated carbocycles. The van der Waals surface area contributed by atoms with Gasteiger partial charge < -0.3 is 4.90 Å². The number of para-hydroxylation sites is 1. The van der Waals surface area contributed by atoms with Crippen LogP contribution in [-0.4, -0.2) is 0 Å². The molecule has 0 amide bonds. The van der Waals surface area contributed by atoms with Gasteiger partial charge >= 0.3 is 0 Å². The molecule has 1 nitrogen and oxygen atoms in total. The van der Waals surface area contributed by atoms with Gasteiger partial charge in [-0.3, -0.25) is 0 Å². The zero-order valence-corrected chi connectivity index (χ0v) is 35.3. The van der Waals surface area contributed by atoms with E-state index in [1.54, 1.807) is 0 Å². The van der Waals surface area contributed by atoms with Crippen molar-refractivity contribution in [3.8, 4) is 55.6 Å². The highest BCUT2D eigenvalue weighted by molar-refractivity contribution is 6.03. The first-order valence-electron chi connectivity index (χ1n) is 22.2. The second-order valence-electron chi connectivity index (χ2n) is 17.9. The van der Waals surface area contributed by atoms with Crippen LogP contribution < -0.4 is 4.90 Å². The van der Waals surface area contributed by atoms with Crippen LogP contribution in [0.3, 0.4) is 0 Å². The van der Waals surface area contributed by atoms with Crippen molar-refractivity contribution in [2.75, 3.05) is 4.90 Å². The fourth-order valence-electron chi connectivity index (χ4n) is 11.8. The Bertz CT molecular complexity index is 3430. The Kier molecular flexibility index (Phi) is 7.64. The number of hydrogen-bond donors (Lipinski definition) is 0. The van der Waals surface area contributed by atoms with Crippen molar-refractivity contribution in [3.05, 3.63) is 258 Å². The molecule has 0 fully saturated rings. The standard InChI is InChI=1S/C62H43N/c1-61(2)52-26-10-8-23-51(52)59-49(24-15-30-56(59)61)48-22-9-14-31-57(48)63(44-37-35-41(36-38-44)43-34-33-40-17-3-4-18-42(40)39-43)58-32-16-25-50-47-21-7-13-29-55(47)62(60(50)58)53-27-11-5-19-45(53)46-20-6-12-28-54(46)62/h3-39H,1-2H3. The molecule has 0 atom stereocenters. The molecule has 0 saturated heterocycles. The maximum absolute atomic E-state index is 2.57. The monoisotopic (exact) mass is 801 g/mol. The summed E-state index contributed by atoms with van der Waals surface area (Å²) in [6, 6.07) is 84.1. The summed E-state index contributed by atoms with van der Waals surface area (Å²) in [6.45, 7) is 4.75. The van der Waals surface area contributed by atoms with Crippen LogP contribution >= 0.6 is 0 Å². The van der Waals surface area contributed by atoms with Gasteiger partial charge in [0.05, 0.1) is 16.8 Å². The van der Waals surface area contributed by atoms with Gasteiger partial charge in [-0.15, -0.1) is 0 Å². The van der Waals surface area contributed by atoms with Crippen LogP contribution in [-0.2, 0) is 10.8 Å². The maximum atomic E-state index is 2.57. The van der Waals surface area contributed by atoms with E-state index in [1.165, 1.54) is 105 Å². The Balaban J connectivity index is 1.10. The van der Waals surface area contributed by atoms with E-state index in [4.69, 9.17) is 0 Å². The minimum atomic E-state index is -0.523. The average Bonchev–Trinajstić information content (AvgIpc) is 3.91. The zero-order valence-electron chi connectivity index (χ0n) is 35.3. The molecule has 0 heterocycles. The summed E-state index contributed by atoms with van der Waals surface area (Å²) in [5.41, 5.74) is 23.6. The second-order valence-corrected chi connectivity index (χ2v) is 17.9. The molecule has 296 valence electrons. The number of nitrogens with zero attached hydrogens (tertiary/aromatic N) is 1. The summed E-state index contributed by atoms with van der Waals surface area (Å²) >= 11 is 0. The SMILES string of the molecule is CC1(C)c2ccccc2-c2c(-c3ccccc3N(c3ccc(-c4ccc5ccccc5c4)cc3)c3cccc4c3C3(c5ccccc5-c5ccccc53)c3ccccc3-4)cccc21. The smallest absolute Gasteiger partial charge is 0.0746 e. The molecule has 0 bridgehead atoms. The lowest BCUT2D eigenvalue weighted by Crippen LogP contribution is -2.28. The Morgan fingerprint density at radius 3 is 1.49 bits per heavy atom. The number of benzene rings is 10. The van der Waals surface area contributed by atoms with E-state index in [-0.39, 0.29) is 5.41 Å². The Morgan fingerprint density at radius 2 is 0.794 bits per heavy atom. The minimum absolute atomic E-state index is 0.114. The average molecular weight is 802 g/mol. The van der Waals surface area contributed by atoms with Gasteiger partial charge in [0.25, 0.3) is 0 Å². The van der Waals surface area contributed by atoms with Gasteiger partial charge in [0.1, 0.15) is 0 Å². The summed E-state index contributed by atoms with van der Waals surface area (Å²) in [6.07, 6.45) is 0. The van der Waals surface area contributed by atoms with Gasteiger partial charge in [-0.25, -0.2) is 0 Å². The Morgan fingerprint density at radius 1 is 0.317 bits per heavy atom. The van der Waals surface area contributed by atoms with Gasteiger partial charge in [0.15, 0.2) is 0 Å². The fraction of sp³-hybridized carbons (Fsp3) is 0.0645. The molecule has 63 heavy (non-hydrogen) atoms. The van der Waals surface area contributed by atoms with Crippen LogP contribution in [0.15, 0.2) is 224 Å². The summed E-state index contributed by atoms with van der Waals surface area (Å²) < 4.78 is 0. The number of fused-ring (bicyclic) bond motifs is 14. The van der Waals surface area contributed by atoms with Gasteiger partial charge in [-0.05, 0) is 119 Å². The molecule has 10 aromatic rings. The van der Waals surface area contributed by atoms with Crippen LogP contribution in [0.5, 0.6) is 0 Å². The van der Waals surface area contributed by atoms with E-state index in [2.05, 4.69) is 243 Å². The lowest BCUT2D eigenvalue weighted by atomic mass is 9.70. The highest BCUT2D eigenvalue weighted by Crippen LogP contribution is 2.65. The first-order valence-corrected chi connectivity index (χ1v) is 22.2. The van der Waals surface area contributed by atoms with Crippen LogP contribution in [0.4, 0.5) is 17.1 Å². The van der Waals surface area contributed by atoms with Crippen molar-refractivity contribution >= 4 is 27.8 Å². The lowest BCUT2D eigenvalue weighted by Gasteiger charge is -2.36. The van der Waals surface area contributed by atoms with Crippen molar-refractivity contribution in [1.29, 1.82) is 0 Å². The van der Waals surface area contributed by atoms with Gasteiger partial charge in [-0.2, -0.15) is 0 Å². The molecule has 1 heteroatoms. The van der Waals surface area contributed by atoms with Crippen LogP contribution in [0.2, 0.25) is 0 Å². The molecule has 13 rings (SSSR count). The Hall–Kier alpha value is -7.74. The quantitative estimate of drug-likeness (QED) is 0.168. The highest BCUT2D eigenvalue weighted by Gasteiger charge is 2.53. The largest absolute Gasteiger partial charge is 0.310 e. The normalized spacial score (nSPS) is 14.1. The predicted molar refractivity (Wildman–Crippen MR) is 263 cm³/mol. The van der Waals surface area contributed by atoms with E-state index in [0.29, 0.717) is 0 Å². The van der Waals surface area contributed by atoms with Crippen LogP contribution in [0, 0.1) is 0 Å². The predicted octanol–water partition coefficient (Wildman–Crippen LogP) is 16.3. The molecule has 1 spiro atoms. The first kappa shape index (κ1) is 36.0. The van der Waals surface area contributed by atoms with Gasteiger partial charge in [-0.1, -0.05) is 208 Å². The van der Waals surface area contributed by atoms with Crippen molar-refractivity contribution in [1.82, 2.24) is 0 Å². The van der Waals surface area contributed by atoms with Crippen molar-refractivity contribution < 1.29 is 0 Å². The van der Waals surface area contributed by atoms with Crippen LogP contribution in [0.1, 0.15) is 47.2 Å². The molecular weight excluding hydrogens is 759 g/mol. The topological polar surface area (TPSA) is 3.24 Å². The third-order valence-electron chi connectivity index (χ3n) is 14.5. The maximum Gasteiger partial charge on any atom is 0.0746 e. The molecule has 10 aromatic carbocycles. The molecule has 0 aliphatic heterocycles. The number of hydrogen-bond acceptors (Lipinski definition) is 1. The van der Waals surface area contributed by atoms with Crippen molar-refractivity contribution in [2.45, 2.75) is 24.7 Å².